The van der Waals surface area contributed by atoms with Gasteiger partial charge in [0.15, 0.2) is 8.32 Å². The van der Waals surface area contributed by atoms with Gasteiger partial charge in [-0.25, -0.2) is 0 Å². The first kappa shape index (κ1) is 17.7. The van der Waals surface area contributed by atoms with E-state index in [0.717, 1.165) is 37.6 Å². The number of rotatable bonds is 7. The quantitative estimate of drug-likeness (QED) is 0.580. The summed E-state index contributed by atoms with van der Waals surface area (Å²) in [6, 6.07) is 3.47. The lowest BCUT2D eigenvalue weighted by Gasteiger charge is -2.35. The molecule has 3 unspecified atom stereocenters. The fourth-order valence-corrected chi connectivity index (χ4v) is 5.76. The van der Waals surface area contributed by atoms with E-state index >= 15 is 0 Å². The van der Waals surface area contributed by atoms with Crippen molar-refractivity contribution in [1.29, 1.82) is 0 Å². The molecule has 5 heteroatoms. The fourth-order valence-electron chi connectivity index (χ4n) is 3.06. The molecule has 20 heavy (non-hydrogen) atoms. The molecular formula is C15H30O4Si. The SMILES string of the molecule is CC[Si](CC)(CC)OCC1CCC(OC(C)=O)C(O)C1. The second-order valence-corrected chi connectivity index (χ2v) is 10.7. The molecule has 1 rings (SSSR count). The molecule has 0 radical (unpaired) electrons. The van der Waals surface area contributed by atoms with Gasteiger partial charge in [-0.15, -0.1) is 0 Å². The summed E-state index contributed by atoms with van der Waals surface area (Å²) in [6.45, 7) is 8.83. The highest BCUT2D eigenvalue weighted by Crippen LogP contribution is 2.29. The summed E-state index contributed by atoms with van der Waals surface area (Å²) in [7, 11) is -1.53. The predicted molar refractivity (Wildman–Crippen MR) is 82.1 cm³/mol. The summed E-state index contributed by atoms with van der Waals surface area (Å²) in [5, 5.41) is 10.1. The molecule has 3 atom stereocenters. The zero-order valence-corrected chi connectivity index (χ0v) is 14.4. The van der Waals surface area contributed by atoms with E-state index in [2.05, 4.69) is 20.8 Å². The van der Waals surface area contributed by atoms with E-state index in [-0.39, 0.29) is 12.1 Å². The van der Waals surface area contributed by atoms with Crippen LogP contribution in [0, 0.1) is 5.92 Å². The number of carbonyl (C=O) groups excluding carboxylic acids is 1. The number of hydrogen-bond donors (Lipinski definition) is 1. The van der Waals surface area contributed by atoms with Crippen LogP contribution in [0.4, 0.5) is 0 Å². The first-order valence-corrected chi connectivity index (χ1v) is 10.5. The molecule has 118 valence electrons. The Morgan fingerprint density at radius 1 is 1.20 bits per heavy atom. The van der Waals surface area contributed by atoms with Gasteiger partial charge in [0.25, 0.3) is 0 Å². The molecule has 0 heterocycles. The van der Waals surface area contributed by atoms with Crippen LogP contribution in [0.25, 0.3) is 0 Å². The summed E-state index contributed by atoms with van der Waals surface area (Å²) in [6.07, 6.45) is 1.53. The molecule has 0 aromatic heterocycles. The predicted octanol–water partition coefficient (Wildman–Crippen LogP) is 3.10. The van der Waals surface area contributed by atoms with Gasteiger partial charge in [0.1, 0.15) is 6.10 Å². The largest absolute Gasteiger partial charge is 0.460 e. The van der Waals surface area contributed by atoms with Crippen molar-refractivity contribution in [2.24, 2.45) is 5.92 Å². The summed E-state index contributed by atoms with van der Waals surface area (Å²) < 4.78 is 11.4. The van der Waals surface area contributed by atoms with Gasteiger partial charge in [-0.1, -0.05) is 20.8 Å². The normalized spacial score (nSPS) is 27.4. The van der Waals surface area contributed by atoms with Crippen LogP contribution in [0.2, 0.25) is 18.1 Å². The second-order valence-electron chi connectivity index (χ2n) is 5.95. The van der Waals surface area contributed by atoms with E-state index < -0.39 is 14.4 Å². The standard InChI is InChI=1S/C15H30O4Si/c1-5-20(6-2,7-3)18-11-13-8-9-15(14(17)10-13)19-12(4)16/h13-15,17H,5-11H2,1-4H3. The van der Waals surface area contributed by atoms with Gasteiger partial charge < -0.3 is 14.3 Å². The molecule has 1 saturated carbocycles. The van der Waals surface area contributed by atoms with Crippen LogP contribution in [0.3, 0.4) is 0 Å². The van der Waals surface area contributed by atoms with Crippen LogP contribution in [0.5, 0.6) is 0 Å². The van der Waals surface area contributed by atoms with Crippen molar-refractivity contribution in [2.45, 2.75) is 77.3 Å². The van der Waals surface area contributed by atoms with Crippen LogP contribution < -0.4 is 0 Å². The van der Waals surface area contributed by atoms with E-state index in [1.54, 1.807) is 0 Å². The Bertz CT molecular complexity index is 296. The van der Waals surface area contributed by atoms with Gasteiger partial charge in [-0.2, -0.15) is 0 Å². The summed E-state index contributed by atoms with van der Waals surface area (Å²) in [5.41, 5.74) is 0. The number of esters is 1. The van der Waals surface area contributed by atoms with E-state index in [4.69, 9.17) is 9.16 Å². The molecule has 0 amide bonds. The number of aliphatic hydroxyl groups is 1. The highest BCUT2D eigenvalue weighted by Gasteiger charge is 2.34. The minimum absolute atomic E-state index is 0.307. The molecule has 1 aliphatic carbocycles. The van der Waals surface area contributed by atoms with E-state index in [1.807, 2.05) is 0 Å². The van der Waals surface area contributed by atoms with Crippen molar-refractivity contribution in [3.8, 4) is 0 Å². The molecule has 1 fully saturated rings. The van der Waals surface area contributed by atoms with Gasteiger partial charge in [0.2, 0.25) is 0 Å². The first-order chi connectivity index (χ1) is 9.46. The number of hydrogen-bond acceptors (Lipinski definition) is 4. The molecule has 0 spiro atoms. The Balaban J connectivity index is 2.42. The summed E-state index contributed by atoms with van der Waals surface area (Å²) >= 11 is 0. The van der Waals surface area contributed by atoms with Crippen molar-refractivity contribution in [2.75, 3.05) is 6.61 Å². The molecule has 0 saturated heterocycles. The second kappa shape index (κ2) is 8.15. The lowest BCUT2D eigenvalue weighted by Crippen LogP contribution is -2.41. The third-order valence-corrected chi connectivity index (χ3v) is 9.38. The Morgan fingerprint density at radius 3 is 2.25 bits per heavy atom. The average molecular weight is 302 g/mol. The van der Waals surface area contributed by atoms with Crippen LogP contribution >= 0.6 is 0 Å². The van der Waals surface area contributed by atoms with Gasteiger partial charge in [-0.05, 0) is 43.3 Å². The zero-order chi connectivity index (χ0) is 15.2. The smallest absolute Gasteiger partial charge is 0.302 e. The Morgan fingerprint density at radius 2 is 1.80 bits per heavy atom. The van der Waals surface area contributed by atoms with Crippen LogP contribution in [-0.4, -0.2) is 38.2 Å². The van der Waals surface area contributed by atoms with Crippen molar-refractivity contribution < 1.29 is 19.1 Å². The average Bonchev–Trinajstić information content (AvgIpc) is 2.43. The molecule has 0 bridgehead atoms. The van der Waals surface area contributed by atoms with Crippen LogP contribution in [-0.2, 0) is 14.0 Å². The maximum absolute atomic E-state index is 11.0. The van der Waals surface area contributed by atoms with E-state index in [0.29, 0.717) is 12.3 Å². The first-order valence-electron chi connectivity index (χ1n) is 7.95. The lowest BCUT2D eigenvalue weighted by molar-refractivity contribution is -0.156. The third-order valence-electron chi connectivity index (χ3n) is 4.74. The minimum atomic E-state index is -1.53. The number of carbonyl (C=O) groups is 1. The molecule has 0 aromatic rings. The Labute approximate surface area is 124 Å². The van der Waals surface area contributed by atoms with Gasteiger partial charge in [0.05, 0.1) is 6.10 Å². The molecule has 1 aliphatic rings. The lowest BCUT2D eigenvalue weighted by atomic mass is 9.86. The molecular weight excluding hydrogens is 272 g/mol. The molecule has 4 nitrogen and oxygen atoms in total. The Hall–Kier alpha value is -0.393. The van der Waals surface area contributed by atoms with Crippen LogP contribution in [0.15, 0.2) is 0 Å². The third kappa shape index (κ3) is 4.86. The number of aliphatic hydroxyl groups excluding tert-OH is 1. The summed E-state index contributed by atoms with van der Waals surface area (Å²) in [5.74, 6) is 0.0893. The minimum Gasteiger partial charge on any atom is -0.460 e. The van der Waals surface area contributed by atoms with Gasteiger partial charge >= 0.3 is 5.97 Å². The number of ether oxygens (including phenoxy) is 1. The highest BCUT2D eigenvalue weighted by atomic mass is 28.4. The van der Waals surface area contributed by atoms with E-state index in [9.17, 15) is 9.90 Å². The van der Waals surface area contributed by atoms with Crippen molar-refractivity contribution in [3.63, 3.8) is 0 Å². The molecule has 0 aliphatic heterocycles. The molecule has 1 N–H and O–H groups in total. The monoisotopic (exact) mass is 302 g/mol. The highest BCUT2D eigenvalue weighted by molar-refractivity contribution is 6.73. The van der Waals surface area contributed by atoms with Gasteiger partial charge in [0, 0.05) is 13.5 Å². The van der Waals surface area contributed by atoms with Crippen molar-refractivity contribution >= 4 is 14.3 Å². The van der Waals surface area contributed by atoms with Crippen molar-refractivity contribution in [1.82, 2.24) is 0 Å². The maximum atomic E-state index is 11.0. The zero-order valence-electron chi connectivity index (χ0n) is 13.4. The van der Waals surface area contributed by atoms with Gasteiger partial charge in [-0.3, -0.25) is 4.79 Å². The Kier molecular flexibility index (Phi) is 7.19. The summed E-state index contributed by atoms with van der Waals surface area (Å²) in [4.78, 5) is 11.0. The fraction of sp³-hybridized carbons (Fsp3) is 0.933. The van der Waals surface area contributed by atoms with Crippen LogP contribution in [0.1, 0.15) is 47.0 Å². The molecule has 0 aromatic carbocycles. The van der Waals surface area contributed by atoms with Crippen molar-refractivity contribution in [3.05, 3.63) is 0 Å². The topological polar surface area (TPSA) is 55.8 Å². The maximum Gasteiger partial charge on any atom is 0.302 e. The van der Waals surface area contributed by atoms with E-state index in [1.165, 1.54) is 6.92 Å².